The number of hydrogen-bond acceptors (Lipinski definition) is 4. The molecule has 0 bridgehead atoms. The van der Waals surface area contributed by atoms with Crippen LogP contribution in [0.1, 0.15) is 59.4 Å². The normalized spacial score (nSPS) is 17.3. The maximum Gasteiger partial charge on any atom is 0.283 e. The summed E-state index contributed by atoms with van der Waals surface area (Å²) in [6, 6.07) is 6.17. The van der Waals surface area contributed by atoms with Crippen molar-refractivity contribution >= 4 is 17.2 Å². The van der Waals surface area contributed by atoms with Crippen LogP contribution in [0.5, 0.6) is 5.75 Å². The summed E-state index contributed by atoms with van der Waals surface area (Å²) in [5, 5.41) is 2.58. The van der Waals surface area contributed by atoms with E-state index >= 15 is 0 Å². The van der Waals surface area contributed by atoms with Gasteiger partial charge in [0.15, 0.2) is 5.01 Å². The molecular weight excluding hydrogens is 308 g/mol. The van der Waals surface area contributed by atoms with Crippen molar-refractivity contribution in [1.82, 2.24) is 9.88 Å². The average Bonchev–Trinajstić information content (AvgIpc) is 3.05. The smallest absolute Gasteiger partial charge is 0.283 e. The third-order valence-electron chi connectivity index (χ3n) is 4.45. The molecule has 1 aliphatic rings. The summed E-state index contributed by atoms with van der Waals surface area (Å²) in [5.74, 6) is 1.21. The molecule has 1 aliphatic heterocycles. The minimum Gasteiger partial charge on any atom is -0.497 e. The SMILES string of the molecule is COc1ccc2c(c1)C(C)N(C(=O)c1nc(C(C)C)cs1)CC2. The molecule has 1 atom stereocenters. The van der Waals surface area contributed by atoms with Crippen LogP contribution in [-0.4, -0.2) is 29.4 Å². The summed E-state index contributed by atoms with van der Waals surface area (Å²) in [5.41, 5.74) is 3.46. The van der Waals surface area contributed by atoms with Gasteiger partial charge in [-0.25, -0.2) is 4.98 Å². The zero-order valence-corrected chi connectivity index (χ0v) is 14.8. The maximum atomic E-state index is 12.9. The molecule has 5 heteroatoms. The van der Waals surface area contributed by atoms with E-state index in [2.05, 4.69) is 31.8 Å². The van der Waals surface area contributed by atoms with E-state index < -0.39 is 0 Å². The first kappa shape index (κ1) is 16.0. The minimum absolute atomic E-state index is 0.0304. The van der Waals surface area contributed by atoms with Crippen LogP contribution >= 0.6 is 11.3 Å². The quantitative estimate of drug-likeness (QED) is 0.853. The second-order valence-electron chi connectivity index (χ2n) is 6.22. The van der Waals surface area contributed by atoms with Gasteiger partial charge in [0.25, 0.3) is 5.91 Å². The van der Waals surface area contributed by atoms with Crippen LogP contribution in [-0.2, 0) is 6.42 Å². The van der Waals surface area contributed by atoms with Crippen molar-refractivity contribution < 1.29 is 9.53 Å². The van der Waals surface area contributed by atoms with Gasteiger partial charge < -0.3 is 9.64 Å². The number of rotatable bonds is 3. The Hall–Kier alpha value is -1.88. The van der Waals surface area contributed by atoms with Gasteiger partial charge in [0.2, 0.25) is 0 Å². The Morgan fingerprint density at radius 3 is 2.87 bits per heavy atom. The third-order valence-corrected chi connectivity index (χ3v) is 5.30. The van der Waals surface area contributed by atoms with Crippen molar-refractivity contribution in [2.24, 2.45) is 0 Å². The number of methoxy groups -OCH3 is 1. The van der Waals surface area contributed by atoms with Gasteiger partial charge in [0.1, 0.15) is 5.75 Å². The molecule has 1 aromatic carbocycles. The zero-order valence-electron chi connectivity index (χ0n) is 14.0. The lowest BCUT2D eigenvalue weighted by Gasteiger charge is -2.35. The summed E-state index contributed by atoms with van der Waals surface area (Å²) in [4.78, 5) is 19.3. The van der Waals surface area contributed by atoms with Gasteiger partial charge in [-0.2, -0.15) is 0 Å². The molecule has 0 fully saturated rings. The van der Waals surface area contributed by atoms with Gasteiger partial charge in [-0.05, 0) is 42.5 Å². The molecule has 1 unspecified atom stereocenters. The van der Waals surface area contributed by atoms with Crippen LogP contribution in [0.2, 0.25) is 0 Å². The monoisotopic (exact) mass is 330 g/mol. The summed E-state index contributed by atoms with van der Waals surface area (Å²) in [7, 11) is 1.67. The first-order valence-electron chi connectivity index (χ1n) is 7.94. The van der Waals surface area contributed by atoms with Crippen LogP contribution in [0.3, 0.4) is 0 Å². The maximum absolute atomic E-state index is 12.9. The fourth-order valence-corrected chi connectivity index (χ4v) is 3.90. The molecular formula is C18H22N2O2S. The van der Waals surface area contributed by atoms with Crippen molar-refractivity contribution in [3.8, 4) is 5.75 Å². The number of amides is 1. The van der Waals surface area contributed by atoms with Crippen molar-refractivity contribution in [2.45, 2.75) is 39.2 Å². The van der Waals surface area contributed by atoms with E-state index in [1.54, 1.807) is 7.11 Å². The Morgan fingerprint density at radius 2 is 2.22 bits per heavy atom. The number of nitrogens with zero attached hydrogens (tertiary/aromatic N) is 2. The predicted molar refractivity (Wildman–Crippen MR) is 92.4 cm³/mol. The molecule has 0 saturated heterocycles. The molecule has 0 saturated carbocycles. The van der Waals surface area contributed by atoms with Crippen LogP contribution in [0, 0.1) is 0 Å². The molecule has 4 nitrogen and oxygen atoms in total. The molecule has 122 valence electrons. The summed E-state index contributed by atoms with van der Waals surface area (Å²) in [6.45, 7) is 6.99. The van der Waals surface area contributed by atoms with E-state index in [1.165, 1.54) is 22.5 Å². The van der Waals surface area contributed by atoms with E-state index in [0.29, 0.717) is 10.9 Å². The lowest BCUT2D eigenvalue weighted by Crippen LogP contribution is -2.38. The fourth-order valence-electron chi connectivity index (χ4n) is 2.97. The standard InChI is InChI=1S/C18H22N2O2S/c1-11(2)16-10-23-17(19-16)18(21)20-8-7-13-5-6-14(22-4)9-15(13)12(20)3/h5-6,9-12H,7-8H2,1-4H3. The number of hydrogen-bond donors (Lipinski definition) is 0. The van der Waals surface area contributed by atoms with Crippen molar-refractivity contribution in [2.75, 3.05) is 13.7 Å². The van der Waals surface area contributed by atoms with Crippen molar-refractivity contribution in [1.29, 1.82) is 0 Å². The molecule has 0 spiro atoms. The highest BCUT2D eigenvalue weighted by Crippen LogP contribution is 2.33. The average molecular weight is 330 g/mol. The Balaban J connectivity index is 1.87. The lowest BCUT2D eigenvalue weighted by atomic mass is 9.93. The largest absolute Gasteiger partial charge is 0.497 e. The van der Waals surface area contributed by atoms with Crippen LogP contribution in [0.25, 0.3) is 0 Å². The summed E-state index contributed by atoms with van der Waals surface area (Å²) >= 11 is 1.44. The van der Waals surface area contributed by atoms with Crippen LogP contribution in [0.15, 0.2) is 23.6 Å². The number of benzene rings is 1. The molecule has 1 aromatic heterocycles. The topological polar surface area (TPSA) is 42.4 Å². The number of fused-ring (bicyclic) bond motifs is 1. The number of thiazole rings is 1. The van der Waals surface area contributed by atoms with Crippen LogP contribution < -0.4 is 4.74 Å². The van der Waals surface area contributed by atoms with Gasteiger partial charge in [0.05, 0.1) is 18.8 Å². The number of carbonyl (C=O) groups is 1. The Bertz CT molecular complexity index is 724. The van der Waals surface area contributed by atoms with Gasteiger partial charge in [-0.1, -0.05) is 19.9 Å². The van der Waals surface area contributed by atoms with Crippen molar-refractivity contribution in [3.63, 3.8) is 0 Å². The van der Waals surface area contributed by atoms with Gasteiger partial charge in [-0.3, -0.25) is 4.79 Å². The Labute approximate surface area is 141 Å². The molecule has 3 rings (SSSR count). The lowest BCUT2D eigenvalue weighted by molar-refractivity contribution is 0.0676. The molecule has 23 heavy (non-hydrogen) atoms. The number of aromatic nitrogens is 1. The van der Waals surface area contributed by atoms with Gasteiger partial charge >= 0.3 is 0 Å². The number of ether oxygens (including phenoxy) is 1. The summed E-state index contributed by atoms with van der Waals surface area (Å²) in [6.07, 6.45) is 0.873. The van der Waals surface area contributed by atoms with E-state index in [1.807, 2.05) is 22.4 Å². The second kappa shape index (κ2) is 6.32. The highest BCUT2D eigenvalue weighted by molar-refractivity contribution is 7.11. The Morgan fingerprint density at radius 1 is 1.43 bits per heavy atom. The molecule has 2 heterocycles. The highest BCUT2D eigenvalue weighted by atomic mass is 32.1. The second-order valence-corrected chi connectivity index (χ2v) is 7.08. The van der Waals surface area contributed by atoms with E-state index in [9.17, 15) is 4.79 Å². The van der Waals surface area contributed by atoms with Gasteiger partial charge in [0, 0.05) is 11.9 Å². The summed E-state index contributed by atoms with van der Waals surface area (Å²) < 4.78 is 5.32. The number of carbonyl (C=O) groups excluding carboxylic acids is 1. The molecule has 0 N–H and O–H groups in total. The minimum atomic E-state index is 0.0304. The van der Waals surface area contributed by atoms with E-state index in [4.69, 9.17) is 4.74 Å². The Kier molecular flexibility index (Phi) is 4.39. The molecule has 0 aliphatic carbocycles. The van der Waals surface area contributed by atoms with E-state index in [0.717, 1.165) is 24.4 Å². The van der Waals surface area contributed by atoms with Crippen molar-refractivity contribution in [3.05, 3.63) is 45.4 Å². The van der Waals surface area contributed by atoms with E-state index in [-0.39, 0.29) is 11.9 Å². The van der Waals surface area contributed by atoms with Crippen LogP contribution in [0.4, 0.5) is 0 Å². The highest BCUT2D eigenvalue weighted by Gasteiger charge is 2.30. The predicted octanol–water partition coefficient (Wildman–Crippen LogP) is 4.03. The fraction of sp³-hybridized carbons (Fsp3) is 0.444. The first-order chi connectivity index (χ1) is 11.0. The molecule has 1 amide bonds. The third kappa shape index (κ3) is 2.98. The first-order valence-corrected chi connectivity index (χ1v) is 8.82. The van der Waals surface area contributed by atoms with Gasteiger partial charge in [-0.15, -0.1) is 11.3 Å². The molecule has 0 radical (unpaired) electrons. The molecule has 2 aromatic rings. The zero-order chi connectivity index (χ0) is 16.6.